The fourth-order valence-electron chi connectivity index (χ4n) is 2.06. The van der Waals surface area contributed by atoms with Gasteiger partial charge in [0.1, 0.15) is 18.2 Å². The van der Waals surface area contributed by atoms with Crippen molar-refractivity contribution in [2.75, 3.05) is 23.7 Å². The van der Waals surface area contributed by atoms with Crippen molar-refractivity contribution in [3.8, 4) is 5.75 Å². The van der Waals surface area contributed by atoms with Gasteiger partial charge in [-0.05, 0) is 25.0 Å². The molecule has 4 N–H and O–H groups in total. The van der Waals surface area contributed by atoms with Gasteiger partial charge < -0.3 is 15.2 Å². The van der Waals surface area contributed by atoms with Crippen molar-refractivity contribution < 1.29 is 17.9 Å². The Bertz CT molecular complexity index is 597. The molecule has 1 fully saturated rings. The summed E-state index contributed by atoms with van der Waals surface area (Å²) in [6, 6.07) is 6.63. The first kappa shape index (κ1) is 15.6. The molecule has 0 saturated carbocycles. The summed E-state index contributed by atoms with van der Waals surface area (Å²) in [5.74, 6) is 0.129. The van der Waals surface area contributed by atoms with Gasteiger partial charge in [-0.15, -0.1) is 0 Å². The minimum atomic E-state index is -3.52. The lowest BCUT2D eigenvalue weighted by Gasteiger charge is -2.15. The van der Waals surface area contributed by atoms with E-state index in [1.807, 2.05) is 0 Å². The first-order valence-corrected chi connectivity index (χ1v) is 8.28. The van der Waals surface area contributed by atoms with E-state index >= 15 is 0 Å². The highest BCUT2D eigenvalue weighted by Gasteiger charge is 2.24. The van der Waals surface area contributed by atoms with E-state index < -0.39 is 10.0 Å². The molecule has 0 spiro atoms. The van der Waals surface area contributed by atoms with Gasteiger partial charge in [0.2, 0.25) is 10.0 Å². The van der Waals surface area contributed by atoms with Gasteiger partial charge in [-0.1, -0.05) is 12.1 Å². The molecule has 1 saturated heterocycles. The van der Waals surface area contributed by atoms with Crippen LogP contribution in [-0.4, -0.2) is 39.3 Å². The molecule has 0 aromatic heterocycles. The molecule has 2 rings (SSSR count). The largest absolute Gasteiger partial charge is 0.484 e. The maximum absolute atomic E-state index is 12.1. The minimum absolute atomic E-state index is 0.0754. The number of nitrogens with one attached hydrogen (secondary N) is 2. The fraction of sp³-hybridized carbons (Fsp3) is 0.462. The number of para-hydroxylation sites is 2. The first-order chi connectivity index (χ1) is 9.96. The van der Waals surface area contributed by atoms with E-state index in [0.717, 1.165) is 12.8 Å². The van der Waals surface area contributed by atoms with Gasteiger partial charge in [-0.3, -0.25) is 10.1 Å². The van der Waals surface area contributed by atoms with E-state index in [1.54, 1.807) is 24.3 Å². The second-order valence-corrected chi connectivity index (χ2v) is 6.60. The van der Waals surface area contributed by atoms with Crippen LogP contribution in [0.25, 0.3) is 0 Å². The lowest BCUT2D eigenvalue weighted by atomic mass is 10.3. The lowest BCUT2D eigenvalue weighted by molar-refractivity contribution is 0.127. The van der Waals surface area contributed by atoms with Crippen molar-refractivity contribution in [3.05, 3.63) is 24.3 Å². The monoisotopic (exact) mass is 313 g/mol. The Morgan fingerprint density at radius 1 is 1.48 bits per heavy atom. The van der Waals surface area contributed by atoms with Crippen LogP contribution in [0, 0.1) is 5.41 Å². The molecule has 1 aliphatic heterocycles. The number of nitrogens with two attached hydrogens (primary N) is 1. The molecule has 116 valence electrons. The second kappa shape index (κ2) is 6.77. The summed E-state index contributed by atoms with van der Waals surface area (Å²) in [4.78, 5) is 0. The standard InChI is InChI=1S/C13H19N3O4S/c14-13(15)8-20-12-6-2-1-5-11(12)16-21(17,18)9-10-4-3-7-19-10/h1-2,5-6,10,16H,3-4,7-9H2,(H3,14,15). The Morgan fingerprint density at radius 3 is 2.90 bits per heavy atom. The molecule has 0 amide bonds. The average molecular weight is 313 g/mol. The van der Waals surface area contributed by atoms with Crippen LogP contribution in [0.4, 0.5) is 5.69 Å². The molecular weight excluding hydrogens is 294 g/mol. The Balaban J connectivity index is 2.05. The molecule has 1 heterocycles. The fourth-order valence-corrected chi connectivity index (χ4v) is 3.40. The number of hydrogen-bond acceptors (Lipinski definition) is 5. The third-order valence-corrected chi connectivity index (χ3v) is 4.31. The summed E-state index contributed by atoms with van der Waals surface area (Å²) in [7, 11) is -3.52. The quantitative estimate of drug-likeness (QED) is 0.511. The number of sulfonamides is 1. The maximum Gasteiger partial charge on any atom is 0.235 e. The van der Waals surface area contributed by atoms with Crippen molar-refractivity contribution in [3.63, 3.8) is 0 Å². The summed E-state index contributed by atoms with van der Waals surface area (Å²) >= 11 is 0. The molecule has 1 unspecified atom stereocenters. The summed E-state index contributed by atoms with van der Waals surface area (Å²) in [5, 5.41) is 7.14. The molecule has 1 aromatic rings. The van der Waals surface area contributed by atoms with Crippen LogP contribution < -0.4 is 15.2 Å². The Morgan fingerprint density at radius 2 is 2.24 bits per heavy atom. The van der Waals surface area contributed by atoms with E-state index in [9.17, 15) is 8.42 Å². The Labute approximate surface area is 124 Å². The molecular formula is C13H19N3O4S. The van der Waals surface area contributed by atoms with Crippen molar-refractivity contribution in [2.45, 2.75) is 18.9 Å². The summed E-state index contributed by atoms with van der Waals surface area (Å²) in [6.07, 6.45) is 1.38. The van der Waals surface area contributed by atoms with Crippen molar-refractivity contribution in [2.24, 2.45) is 5.73 Å². The molecule has 7 nitrogen and oxygen atoms in total. The molecule has 21 heavy (non-hydrogen) atoms. The van der Waals surface area contributed by atoms with Gasteiger partial charge in [-0.2, -0.15) is 0 Å². The van der Waals surface area contributed by atoms with E-state index in [0.29, 0.717) is 18.0 Å². The minimum Gasteiger partial charge on any atom is -0.484 e. The molecule has 8 heteroatoms. The lowest BCUT2D eigenvalue weighted by Crippen LogP contribution is -2.26. The molecule has 1 aliphatic rings. The van der Waals surface area contributed by atoms with Crippen LogP contribution in [-0.2, 0) is 14.8 Å². The molecule has 1 atom stereocenters. The second-order valence-electron chi connectivity index (χ2n) is 4.83. The summed E-state index contributed by atoms with van der Waals surface area (Å²) in [6.45, 7) is 0.517. The van der Waals surface area contributed by atoms with E-state index in [-0.39, 0.29) is 24.3 Å². The predicted molar refractivity (Wildman–Crippen MR) is 80.2 cm³/mol. The number of amidine groups is 1. The highest BCUT2D eigenvalue weighted by Crippen LogP contribution is 2.25. The highest BCUT2D eigenvalue weighted by atomic mass is 32.2. The third-order valence-electron chi connectivity index (χ3n) is 2.96. The summed E-state index contributed by atoms with van der Waals surface area (Å²) in [5.41, 5.74) is 5.56. The molecule has 0 radical (unpaired) electrons. The van der Waals surface area contributed by atoms with E-state index in [4.69, 9.17) is 20.6 Å². The van der Waals surface area contributed by atoms with E-state index in [2.05, 4.69) is 4.72 Å². The number of hydrogen-bond donors (Lipinski definition) is 3. The van der Waals surface area contributed by atoms with Crippen molar-refractivity contribution in [1.29, 1.82) is 5.41 Å². The number of ether oxygens (including phenoxy) is 2. The number of benzene rings is 1. The average Bonchev–Trinajstić information content (AvgIpc) is 2.89. The van der Waals surface area contributed by atoms with Gasteiger partial charge in [0.25, 0.3) is 0 Å². The van der Waals surface area contributed by atoms with E-state index in [1.165, 1.54) is 0 Å². The van der Waals surface area contributed by atoms with Crippen LogP contribution in [0.1, 0.15) is 12.8 Å². The van der Waals surface area contributed by atoms with Gasteiger partial charge >= 0.3 is 0 Å². The van der Waals surface area contributed by atoms with Crippen LogP contribution in [0.15, 0.2) is 24.3 Å². The molecule has 0 bridgehead atoms. The Hall–Kier alpha value is -1.80. The van der Waals surface area contributed by atoms with Crippen LogP contribution in [0.2, 0.25) is 0 Å². The molecule has 1 aromatic carbocycles. The summed E-state index contributed by atoms with van der Waals surface area (Å²) < 4.78 is 37.4. The smallest absolute Gasteiger partial charge is 0.235 e. The van der Waals surface area contributed by atoms with Crippen molar-refractivity contribution >= 4 is 21.5 Å². The van der Waals surface area contributed by atoms with Crippen LogP contribution in [0.5, 0.6) is 5.75 Å². The van der Waals surface area contributed by atoms with Crippen molar-refractivity contribution in [1.82, 2.24) is 0 Å². The SMILES string of the molecule is N=C(N)COc1ccccc1NS(=O)(=O)CC1CCCO1. The highest BCUT2D eigenvalue weighted by molar-refractivity contribution is 7.92. The topological polar surface area (TPSA) is 115 Å². The third kappa shape index (κ3) is 4.91. The van der Waals surface area contributed by atoms with Gasteiger partial charge in [0.05, 0.1) is 17.5 Å². The first-order valence-electron chi connectivity index (χ1n) is 6.63. The van der Waals surface area contributed by atoms with Gasteiger partial charge in [-0.25, -0.2) is 8.42 Å². The normalized spacial score (nSPS) is 18.4. The zero-order valence-electron chi connectivity index (χ0n) is 11.5. The zero-order chi connectivity index (χ0) is 15.3. The van der Waals surface area contributed by atoms with Crippen LogP contribution >= 0.6 is 0 Å². The zero-order valence-corrected chi connectivity index (χ0v) is 12.4. The van der Waals surface area contributed by atoms with Crippen LogP contribution in [0.3, 0.4) is 0 Å². The Kier molecular flexibility index (Phi) is 5.03. The predicted octanol–water partition coefficient (Wildman–Crippen LogP) is 0.922. The maximum atomic E-state index is 12.1. The number of rotatable bonds is 7. The molecule has 0 aliphatic carbocycles. The number of anilines is 1. The van der Waals surface area contributed by atoms with Gasteiger partial charge in [0.15, 0.2) is 0 Å². The van der Waals surface area contributed by atoms with Gasteiger partial charge in [0, 0.05) is 6.61 Å².